The van der Waals surface area contributed by atoms with E-state index in [0.29, 0.717) is 0 Å². The van der Waals surface area contributed by atoms with Gasteiger partial charge in [0.15, 0.2) is 0 Å². The summed E-state index contributed by atoms with van der Waals surface area (Å²) in [5.41, 5.74) is 0. The Morgan fingerprint density at radius 2 is 2.71 bits per heavy atom. The van der Waals surface area contributed by atoms with E-state index in [2.05, 4.69) is 13.0 Å². The van der Waals surface area contributed by atoms with Gasteiger partial charge in [0.1, 0.15) is 0 Å². The van der Waals surface area contributed by atoms with E-state index in [1.807, 2.05) is 0 Å². The molecule has 0 saturated heterocycles. The fraction of sp³-hybridized carbons (Fsp3) is 0.667. The third-order valence-electron chi connectivity index (χ3n) is 1.13. The predicted molar refractivity (Wildman–Crippen MR) is 33.6 cm³/mol. The zero-order valence-electron chi connectivity index (χ0n) is 4.61. The monoisotopic (exact) mass is 162 g/mol. The molecule has 0 amide bonds. The Balaban J connectivity index is 2.36. The Morgan fingerprint density at radius 3 is 3.00 bits per heavy atom. The number of allylic oxidation sites excluding steroid dienone is 2. The van der Waals surface area contributed by atoms with Crippen LogP contribution in [0.25, 0.3) is 0 Å². The van der Waals surface area contributed by atoms with Crippen molar-refractivity contribution in [1.29, 1.82) is 0 Å². The molecule has 0 unspecified atom stereocenters. The second-order valence-electron chi connectivity index (χ2n) is 1.66. The Morgan fingerprint density at radius 1 is 1.86 bits per heavy atom. The van der Waals surface area contributed by atoms with Gasteiger partial charge in [-0.1, -0.05) is 0 Å². The van der Waals surface area contributed by atoms with E-state index in [9.17, 15) is 0 Å². The molecule has 0 fully saturated rings. The van der Waals surface area contributed by atoms with Gasteiger partial charge in [0.2, 0.25) is 0 Å². The molecule has 0 aromatic rings. The van der Waals surface area contributed by atoms with Crippen LogP contribution in [0.4, 0.5) is 0 Å². The summed E-state index contributed by atoms with van der Waals surface area (Å²) in [4.78, 5) is 0. The topological polar surface area (TPSA) is 0 Å². The first-order chi connectivity index (χ1) is 3.43. The zero-order valence-corrected chi connectivity index (χ0v) is 6.32. The summed E-state index contributed by atoms with van der Waals surface area (Å²) in [6, 6.07) is 0. The Hall–Kier alpha value is 0.259. The van der Waals surface area contributed by atoms with Gasteiger partial charge < -0.3 is 0 Å². The van der Waals surface area contributed by atoms with Gasteiger partial charge in [-0.2, -0.15) is 0 Å². The quantitative estimate of drug-likeness (QED) is 0.514. The van der Waals surface area contributed by atoms with Gasteiger partial charge in [-0.3, -0.25) is 0 Å². The number of hydrogen-bond acceptors (Lipinski definition) is 0. The molecule has 40 valence electrons. The summed E-state index contributed by atoms with van der Waals surface area (Å²) in [6.07, 6.45) is 5.07. The van der Waals surface area contributed by atoms with Crippen LogP contribution in [-0.2, 0) is 0 Å². The van der Waals surface area contributed by atoms with E-state index < -0.39 is 0 Å². The van der Waals surface area contributed by atoms with Gasteiger partial charge >= 0.3 is 50.6 Å². The minimum absolute atomic E-state index is 0.898. The van der Waals surface area contributed by atoms with Gasteiger partial charge in [-0.05, 0) is 0 Å². The first kappa shape index (κ1) is 5.40. The summed E-state index contributed by atoms with van der Waals surface area (Å²) in [5, 5.41) is 1.47. The molecule has 0 aliphatic carbocycles. The molecule has 0 spiro atoms. The summed E-state index contributed by atoms with van der Waals surface area (Å²) in [5.74, 6) is 0. The molecule has 0 nitrogen and oxygen atoms in total. The van der Waals surface area contributed by atoms with Crippen molar-refractivity contribution >= 4 is 15.0 Å². The van der Waals surface area contributed by atoms with Crippen LogP contribution in [0.2, 0.25) is 5.32 Å². The fourth-order valence-corrected chi connectivity index (χ4v) is 2.68. The van der Waals surface area contributed by atoms with Gasteiger partial charge in [0, 0.05) is 0 Å². The molecule has 0 aromatic carbocycles. The molecule has 1 heteroatoms. The van der Waals surface area contributed by atoms with Crippen molar-refractivity contribution in [2.24, 2.45) is 0 Å². The standard InChI is InChI=1S/C6H10Se/c1-2-6-4-3-5-7-6/h4H,2-3,5H2,1H3. The van der Waals surface area contributed by atoms with Crippen LogP contribution in [0.1, 0.15) is 19.8 Å². The van der Waals surface area contributed by atoms with Crippen molar-refractivity contribution < 1.29 is 0 Å². The van der Waals surface area contributed by atoms with Crippen LogP contribution in [0.3, 0.4) is 0 Å². The molecular weight excluding hydrogens is 151 g/mol. The van der Waals surface area contributed by atoms with Crippen LogP contribution in [0.15, 0.2) is 10.5 Å². The molecular formula is C6H10Se. The fourth-order valence-electron chi connectivity index (χ4n) is 0.715. The molecule has 7 heavy (non-hydrogen) atoms. The van der Waals surface area contributed by atoms with Crippen molar-refractivity contribution in [3.8, 4) is 0 Å². The van der Waals surface area contributed by atoms with Gasteiger partial charge in [-0.15, -0.1) is 0 Å². The van der Waals surface area contributed by atoms with Crippen LogP contribution < -0.4 is 0 Å². The first-order valence-corrected chi connectivity index (χ1v) is 4.82. The van der Waals surface area contributed by atoms with E-state index >= 15 is 0 Å². The zero-order chi connectivity index (χ0) is 5.11. The van der Waals surface area contributed by atoms with Crippen molar-refractivity contribution in [3.05, 3.63) is 10.5 Å². The van der Waals surface area contributed by atoms with E-state index in [0.717, 1.165) is 15.0 Å². The molecule has 1 aliphatic rings. The summed E-state index contributed by atoms with van der Waals surface area (Å²) < 4.78 is 1.73. The third kappa shape index (κ3) is 1.32. The number of hydrogen-bond donors (Lipinski definition) is 0. The molecule has 1 rings (SSSR count). The molecule has 0 atom stereocenters. The molecule has 0 bridgehead atoms. The summed E-state index contributed by atoms with van der Waals surface area (Å²) >= 11 is 0.898. The Bertz CT molecular complexity index is 84.2. The van der Waals surface area contributed by atoms with E-state index in [4.69, 9.17) is 0 Å². The summed E-state index contributed by atoms with van der Waals surface area (Å²) in [6.45, 7) is 2.25. The van der Waals surface area contributed by atoms with Crippen molar-refractivity contribution in [2.75, 3.05) is 0 Å². The average molecular weight is 161 g/mol. The Labute approximate surface area is 51.1 Å². The molecule has 0 radical (unpaired) electrons. The van der Waals surface area contributed by atoms with Crippen LogP contribution in [-0.4, -0.2) is 15.0 Å². The molecule has 1 heterocycles. The van der Waals surface area contributed by atoms with E-state index in [-0.39, 0.29) is 0 Å². The summed E-state index contributed by atoms with van der Waals surface area (Å²) in [7, 11) is 0. The molecule has 0 saturated carbocycles. The normalized spacial score (nSPS) is 19.9. The SMILES string of the molecule is CCC1=CCC[Se]1. The maximum absolute atomic E-state index is 2.40. The maximum atomic E-state index is 2.40. The van der Waals surface area contributed by atoms with Crippen LogP contribution >= 0.6 is 0 Å². The average Bonchev–Trinajstić information content (AvgIpc) is 2.14. The van der Waals surface area contributed by atoms with Gasteiger partial charge in [0.25, 0.3) is 0 Å². The predicted octanol–water partition coefficient (Wildman–Crippen LogP) is 1.81. The second-order valence-corrected chi connectivity index (χ2v) is 4.22. The Kier molecular flexibility index (Phi) is 1.96. The van der Waals surface area contributed by atoms with Crippen molar-refractivity contribution in [3.63, 3.8) is 0 Å². The third-order valence-corrected chi connectivity index (χ3v) is 3.78. The van der Waals surface area contributed by atoms with Crippen LogP contribution in [0.5, 0.6) is 0 Å². The van der Waals surface area contributed by atoms with Crippen LogP contribution in [0, 0.1) is 0 Å². The minimum atomic E-state index is 0.898. The molecule has 1 aliphatic heterocycles. The van der Waals surface area contributed by atoms with E-state index in [1.165, 1.54) is 18.2 Å². The van der Waals surface area contributed by atoms with E-state index in [1.54, 1.807) is 4.47 Å². The van der Waals surface area contributed by atoms with Gasteiger partial charge in [-0.25, -0.2) is 0 Å². The second kappa shape index (κ2) is 2.54. The molecule has 0 aromatic heterocycles. The number of rotatable bonds is 1. The van der Waals surface area contributed by atoms with Crippen molar-refractivity contribution in [2.45, 2.75) is 25.1 Å². The first-order valence-electron chi connectivity index (χ1n) is 2.75. The van der Waals surface area contributed by atoms with Gasteiger partial charge in [0.05, 0.1) is 0 Å². The molecule has 0 N–H and O–H groups in total. The van der Waals surface area contributed by atoms with Crippen molar-refractivity contribution in [1.82, 2.24) is 0 Å².